The zero-order chi connectivity index (χ0) is 32.7. The second kappa shape index (κ2) is 14.8. The lowest BCUT2D eigenvalue weighted by Crippen LogP contribution is -2.54. The number of benzene rings is 4. The van der Waals surface area contributed by atoms with Gasteiger partial charge in [-0.15, -0.1) is 0 Å². The molecule has 0 aromatic heterocycles. The third-order valence-electron chi connectivity index (χ3n) is 7.63. The summed E-state index contributed by atoms with van der Waals surface area (Å²) in [4.78, 5) is 29.8. The Morgan fingerprint density at radius 3 is 2.04 bits per heavy atom. The van der Waals surface area contributed by atoms with Gasteiger partial charge in [0.1, 0.15) is 12.6 Å². The summed E-state index contributed by atoms with van der Waals surface area (Å²) in [6.45, 7) is 9.01. The van der Waals surface area contributed by atoms with E-state index in [9.17, 15) is 18.0 Å². The standard InChI is InChI=1S/C36H40ClN3O4S/c1-25(2)38-36(42)34(22-29-9-7-6-8-10-29)39(23-30-14-16-31(37)17-15-30)35(41)24-40(32-18-13-27(4)28(5)21-32)45(43,44)33-19-11-26(3)12-20-33/h6-21,25,34H,22-24H2,1-5H3,(H,38,42)/t34-/m0/s1. The van der Waals surface area contributed by atoms with Crippen LogP contribution in [-0.2, 0) is 32.6 Å². The Hall–Kier alpha value is -4.14. The lowest BCUT2D eigenvalue weighted by Gasteiger charge is -2.34. The minimum Gasteiger partial charge on any atom is -0.352 e. The van der Waals surface area contributed by atoms with Gasteiger partial charge in [-0.1, -0.05) is 77.8 Å². The van der Waals surface area contributed by atoms with Crippen LogP contribution in [0.5, 0.6) is 0 Å². The molecule has 0 spiro atoms. The number of aryl methyl sites for hydroxylation is 3. The van der Waals surface area contributed by atoms with Gasteiger partial charge in [0.15, 0.2) is 0 Å². The minimum absolute atomic E-state index is 0.0711. The summed E-state index contributed by atoms with van der Waals surface area (Å²) in [5, 5.41) is 3.51. The number of carbonyl (C=O) groups is 2. The van der Waals surface area contributed by atoms with Gasteiger partial charge in [-0.2, -0.15) is 0 Å². The van der Waals surface area contributed by atoms with Crippen molar-refractivity contribution in [3.8, 4) is 0 Å². The number of sulfonamides is 1. The van der Waals surface area contributed by atoms with Crippen molar-refractivity contribution in [2.45, 2.75) is 64.6 Å². The molecule has 0 aliphatic carbocycles. The number of anilines is 1. The highest BCUT2D eigenvalue weighted by molar-refractivity contribution is 7.92. The van der Waals surface area contributed by atoms with E-state index in [0.29, 0.717) is 10.7 Å². The molecule has 4 rings (SSSR count). The van der Waals surface area contributed by atoms with E-state index in [0.717, 1.165) is 32.1 Å². The van der Waals surface area contributed by atoms with Crippen LogP contribution in [0.4, 0.5) is 5.69 Å². The van der Waals surface area contributed by atoms with E-state index in [4.69, 9.17) is 11.6 Å². The Labute approximate surface area is 271 Å². The number of nitrogens with one attached hydrogen (secondary N) is 1. The molecule has 0 aliphatic heterocycles. The number of nitrogens with zero attached hydrogens (tertiary/aromatic N) is 2. The van der Waals surface area contributed by atoms with Crippen molar-refractivity contribution < 1.29 is 18.0 Å². The SMILES string of the molecule is Cc1ccc(S(=O)(=O)N(CC(=O)N(Cc2ccc(Cl)cc2)[C@@H](Cc2ccccc2)C(=O)NC(C)C)c2ccc(C)c(C)c2)cc1. The molecule has 2 amide bonds. The van der Waals surface area contributed by atoms with Crippen molar-refractivity contribution in [2.24, 2.45) is 0 Å². The molecule has 0 heterocycles. The fourth-order valence-electron chi connectivity index (χ4n) is 4.97. The Bertz CT molecular complexity index is 1720. The van der Waals surface area contributed by atoms with E-state index in [2.05, 4.69) is 5.32 Å². The second-order valence-electron chi connectivity index (χ2n) is 11.6. The average molecular weight is 646 g/mol. The van der Waals surface area contributed by atoms with E-state index < -0.39 is 28.5 Å². The van der Waals surface area contributed by atoms with Crippen molar-refractivity contribution in [2.75, 3.05) is 10.8 Å². The molecular formula is C36H40ClN3O4S. The fraction of sp³-hybridized carbons (Fsp3) is 0.278. The molecule has 236 valence electrons. The molecule has 1 atom stereocenters. The van der Waals surface area contributed by atoms with E-state index in [1.165, 1.54) is 4.90 Å². The lowest BCUT2D eigenvalue weighted by molar-refractivity contribution is -0.140. The van der Waals surface area contributed by atoms with Crippen molar-refractivity contribution in [1.82, 2.24) is 10.2 Å². The molecule has 4 aromatic rings. The van der Waals surface area contributed by atoms with E-state index >= 15 is 0 Å². The van der Waals surface area contributed by atoms with Gasteiger partial charge < -0.3 is 10.2 Å². The van der Waals surface area contributed by atoms with Crippen LogP contribution >= 0.6 is 11.6 Å². The maximum atomic E-state index is 14.5. The molecule has 0 aliphatic rings. The van der Waals surface area contributed by atoms with E-state index in [-0.39, 0.29) is 29.8 Å². The Morgan fingerprint density at radius 1 is 0.800 bits per heavy atom. The van der Waals surface area contributed by atoms with Gasteiger partial charge in [0.05, 0.1) is 10.6 Å². The highest BCUT2D eigenvalue weighted by atomic mass is 35.5. The quantitative estimate of drug-likeness (QED) is 0.188. The van der Waals surface area contributed by atoms with E-state index in [1.807, 2.05) is 71.0 Å². The average Bonchev–Trinajstić information content (AvgIpc) is 3.00. The van der Waals surface area contributed by atoms with Crippen molar-refractivity contribution in [3.63, 3.8) is 0 Å². The first-order valence-corrected chi connectivity index (χ1v) is 16.7. The third kappa shape index (κ3) is 8.74. The van der Waals surface area contributed by atoms with Crippen LogP contribution in [0.1, 0.15) is 41.7 Å². The molecule has 1 N–H and O–H groups in total. The molecule has 0 radical (unpaired) electrons. The Morgan fingerprint density at radius 2 is 1.44 bits per heavy atom. The highest BCUT2D eigenvalue weighted by Gasteiger charge is 2.35. The normalized spacial score (nSPS) is 12.1. The maximum Gasteiger partial charge on any atom is 0.264 e. The zero-order valence-electron chi connectivity index (χ0n) is 26.3. The van der Waals surface area contributed by atoms with Crippen molar-refractivity contribution in [3.05, 3.63) is 130 Å². The topological polar surface area (TPSA) is 86.8 Å². The highest BCUT2D eigenvalue weighted by Crippen LogP contribution is 2.27. The minimum atomic E-state index is -4.16. The van der Waals surface area contributed by atoms with Crippen LogP contribution in [0.15, 0.2) is 102 Å². The molecule has 45 heavy (non-hydrogen) atoms. The van der Waals surface area contributed by atoms with Gasteiger partial charge in [0.2, 0.25) is 11.8 Å². The summed E-state index contributed by atoms with van der Waals surface area (Å²) in [6, 6.07) is 27.3. The summed E-state index contributed by atoms with van der Waals surface area (Å²) in [5.41, 5.74) is 4.79. The maximum absolute atomic E-state index is 14.5. The Kier molecular flexibility index (Phi) is 11.1. The summed E-state index contributed by atoms with van der Waals surface area (Å²) in [5.74, 6) is -0.839. The van der Waals surface area contributed by atoms with Gasteiger partial charge in [-0.3, -0.25) is 13.9 Å². The predicted octanol–water partition coefficient (Wildman–Crippen LogP) is 6.63. The second-order valence-corrected chi connectivity index (χ2v) is 13.9. The zero-order valence-corrected chi connectivity index (χ0v) is 27.9. The van der Waals surface area contributed by atoms with Crippen LogP contribution < -0.4 is 9.62 Å². The van der Waals surface area contributed by atoms with Crippen LogP contribution in [0.2, 0.25) is 5.02 Å². The van der Waals surface area contributed by atoms with Gasteiger partial charge in [-0.05, 0) is 93.3 Å². The first-order valence-electron chi connectivity index (χ1n) is 14.9. The van der Waals surface area contributed by atoms with Crippen LogP contribution in [0, 0.1) is 20.8 Å². The van der Waals surface area contributed by atoms with Crippen LogP contribution in [0.3, 0.4) is 0 Å². The molecule has 9 heteroatoms. The summed E-state index contributed by atoms with van der Waals surface area (Å²) >= 11 is 6.15. The number of hydrogen-bond acceptors (Lipinski definition) is 4. The van der Waals surface area contributed by atoms with Crippen molar-refractivity contribution >= 4 is 39.1 Å². The molecule has 0 fully saturated rings. The summed E-state index contributed by atoms with van der Waals surface area (Å²) < 4.78 is 29.5. The summed E-state index contributed by atoms with van der Waals surface area (Å²) in [6.07, 6.45) is 0.243. The number of halogens is 1. The predicted molar refractivity (Wildman–Crippen MR) is 181 cm³/mol. The molecule has 0 unspecified atom stereocenters. The first-order chi connectivity index (χ1) is 21.3. The van der Waals surface area contributed by atoms with Gasteiger partial charge in [0, 0.05) is 24.0 Å². The van der Waals surface area contributed by atoms with Crippen LogP contribution in [-0.4, -0.2) is 43.8 Å². The van der Waals surface area contributed by atoms with Crippen molar-refractivity contribution in [1.29, 1.82) is 0 Å². The monoisotopic (exact) mass is 645 g/mol. The van der Waals surface area contributed by atoms with E-state index in [1.54, 1.807) is 60.7 Å². The number of amides is 2. The molecule has 4 aromatic carbocycles. The van der Waals surface area contributed by atoms with Crippen LogP contribution in [0.25, 0.3) is 0 Å². The molecule has 0 saturated heterocycles. The smallest absolute Gasteiger partial charge is 0.264 e. The molecular weight excluding hydrogens is 606 g/mol. The molecule has 0 bridgehead atoms. The number of carbonyl (C=O) groups excluding carboxylic acids is 2. The molecule has 0 saturated carbocycles. The fourth-order valence-corrected chi connectivity index (χ4v) is 6.50. The largest absolute Gasteiger partial charge is 0.352 e. The number of rotatable bonds is 12. The van der Waals surface area contributed by atoms with Gasteiger partial charge in [0.25, 0.3) is 10.0 Å². The number of hydrogen-bond donors (Lipinski definition) is 1. The first kappa shape index (κ1) is 33.7. The third-order valence-corrected chi connectivity index (χ3v) is 9.67. The van der Waals surface area contributed by atoms with Gasteiger partial charge >= 0.3 is 0 Å². The summed E-state index contributed by atoms with van der Waals surface area (Å²) in [7, 11) is -4.16. The lowest BCUT2D eigenvalue weighted by atomic mass is 10.0. The Balaban J connectivity index is 1.82. The molecule has 7 nitrogen and oxygen atoms in total. The van der Waals surface area contributed by atoms with Gasteiger partial charge in [-0.25, -0.2) is 8.42 Å².